The third-order valence-corrected chi connectivity index (χ3v) is 5.76. The summed E-state index contributed by atoms with van der Waals surface area (Å²) in [6, 6.07) is 16.1. The number of aliphatic hydroxyl groups is 2. The van der Waals surface area contributed by atoms with Crippen molar-refractivity contribution in [1.82, 2.24) is 0 Å². The molecule has 144 valence electrons. The Labute approximate surface area is 160 Å². The van der Waals surface area contributed by atoms with Gasteiger partial charge in [-0.15, -0.1) is 0 Å². The lowest BCUT2D eigenvalue weighted by atomic mass is 9.94. The molecule has 0 spiro atoms. The third kappa shape index (κ3) is 4.28. The zero-order valence-corrected chi connectivity index (χ0v) is 15.6. The minimum atomic E-state index is -0.501. The summed E-state index contributed by atoms with van der Waals surface area (Å²) < 4.78 is 11.9. The number of benzene rings is 2. The fraction of sp³-hybridized carbons (Fsp3) is 0.478. The molecule has 0 saturated heterocycles. The first-order valence-electron chi connectivity index (χ1n) is 10.1. The lowest BCUT2D eigenvalue weighted by Crippen LogP contribution is -2.36. The lowest BCUT2D eigenvalue weighted by Gasteiger charge is -2.31. The quantitative estimate of drug-likeness (QED) is 0.817. The van der Waals surface area contributed by atoms with Crippen LogP contribution in [0.25, 0.3) is 0 Å². The number of aliphatic hydroxyl groups excluding tert-OH is 2. The molecule has 27 heavy (non-hydrogen) atoms. The van der Waals surface area contributed by atoms with E-state index in [1.54, 1.807) is 0 Å². The average molecular weight is 368 g/mol. The maximum atomic E-state index is 10.5. The Morgan fingerprint density at radius 1 is 0.741 bits per heavy atom. The number of fused-ring (bicyclic) bond motifs is 2. The summed E-state index contributed by atoms with van der Waals surface area (Å²) in [4.78, 5) is 0. The highest BCUT2D eigenvalue weighted by atomic mass is 16.5. The molecule has 0 aliphatic carbocycles. The Morgan fingerprint density at radius 2 is 1.19 bits per heavy atom. The van der Waals surface area contributed by atoms with Crippen LogP contribution in [0.2, 0.25) is 0 Å². The highest BCUT2D eigenvalue weighted by molar-refractivity contribution is 5.36. The predicted octanol–water partition coefficient (Wildman–Crippen LogP) is 3.67. The molecule has 4 atom stereocenters. The molecule has 0 fully saturated rings. The van der Waals surface area contributed by atoms with E-state index in [0.717, 1.165) is 43.6 Å². The van der Waals surface area contributed by atoms with Crippen molar-refractivity contribution < 1.29 is 19.7 Å². The fourth-order valence-corrected chi connectivity index (χ4v) is 4.14. The summed E-state index contributed by atoms with van der Waals surface area (Å²) in [6.07, 6.45) is 4.26. The van der Waals surface area contributed by atoms with Gasteiger partial charge < -0.3 is 19.7 Å². The van der Waals surface area contributed by atoms with E-state index in [9.17, 15) is 10.2 Å². The largest absolute Gasteiger partial charge is 0.487 e. The molecular weight excluding hydrogens is 340 g/mol. The number of hydrogen-bond acceptors (Lipinski definition) is 4. The van der Waals surface area contributed by atoms with Crippen molar-refractivity contribution in [3.05, 3.63) is 59.7 Å². The Bertz CT molecular complexity index is 696. The van der Waals surface area contributed by atoms with Crippen LogP contribution >= 0.6 is 0 Å². The Kier molecular flexibility index (Phi) is 5.65. The number of aryl methyl sites for hydroxylation is 2. The van der Waals surface area contributed by atoms with Gasteiger partial charge in [0.25, 0.3) is 0 Å². The SMILES string of the molecule is OC(CCCC(O)C1CCc2ccccc2O1)C1CCc2ccccc2O1. The van der Waals surface area contributed by atoms with E-state index < -0.39 is 12.2 Å². The number of rotatable bonds is 6. The minimum absolute atomic E-state index is 0.158. The molecule has 0 saturated carbocycles. The van der Waals surface area contributed by atoms with Crippen LogP contribution in [0.15, 0.2) is 48.5 Å². The summed E-state index contributed by atoms with van der Waals surface area (Å²) in [7, 11) is 0. The molecule has 4 heteroatoms. The van der Waals surface area contributed by atoms with Gasteiger partial charge in [-0.25, -0.2) is 0 Å². The molecular formula is C23H28O4. The minimum Gasteiger partial charge on any atom is -0.487 e. The van der Waals surface area contributed by atoms with Gasteiger partial charge in [0, 0.05) is 0 Å². The average Bonchev–Trinajstić information content (AvgIpc) is 2.72. The second-order valence-corrected chi connectivity index (χ2v) is 7.67. The number of hydrogen-bond donors (Lipinski definition) is 2. The van der Waals surface area contributed by atoms with Gasteiger partial charge in [0.05, 0.1) is 12.2 Å². The molecule has 4 rings (SSSR count). The zero-order chi connectivity index (χ0) is 18.6. The Morgan fingerprint density at radius 3 is 1.67 bits per heavy atom. The molecule has 2 aromatic rings. The lowest BCUT2D eigenvalue weighted by molar-refractivity contribution is 0.00140. The van der Waals surface area contributed by atoms with Crippen molar-refractivity contribution in [2.24, 2.45) is 0 Å². The standard InChI is InChI=1S/C23H28O4/c24-18(22-14-12-16-6-1-3-10-20(16)26-22)8-5-9-19(25)23-15-13-17-7-2-4-11-21(17)27-23/h1-4,6-7,10-11,18-19,22-25H,5,8-9,12-15H2. The van der Waals surface area contributed by atoms with Crippen LogP contribution in [0.3, 0.4) is 0 Å². The molecule has 4 unspecified atom stereocenters. The second kappa shape index (κ2) is 8.32. The van der Waals surface area contributed by atoms with Gasteiger partial charge in [0.2, 0.25) is 0 Å². The van der Waals surface area contributed by atoms with E-state index >= 15 is 0 Å². The van der Waals surface area contributed by atoms with E-state index in [1.807, 2.05) is 36.4 Å². The molecule has 0 radical (unpaired) electrons. The topological polar surface area (TPSA) is 58.9 Å². The van der Waals surface area contributed by atoms with Gasteiger partial charge in [0.15, 0.2) is 0 Å². The highest BCUT2D eigenvalue weighted by Gasteiger charge is 2.28. The maximum Gasteiger partial charge on any atom is 0.125 e. The molecule has 2 aliphatic heterocycles. The van der Waals surface area contributed by atoms with Gasteiger partial charge >= 0.3 is 0 Å². The summed E-state index contributed by atoms with van der Waals surface area (Å²) in [5.74, 6) is 1.78. The van der Waals surface area contributed by atoms with Gasteiger partial charge in [0.1, 0.15) is 23.7 Å². The highest BCUT2D eigenvalue weighted by Crippen LogP contribution is 2.31. The van der Waals surface area contributed by atoms with Crippen LogP contribution in [-0.2, 0) is 12.8 Å². The normalized spacial score (nSPS) is 23.3. The van der Waals surface area contributed by atoms with Gasteiger partial charge in [-0.2, -0.15) is 0 Å². The third-order valence-electron chi connectivity index (χ3n) is 5.76. The summed E-state index contributed by atoms with van der Waals surface area (Å²) in [5, 5.41) is 21.0. The zero-order valence-electron chi connectivity index (χ0n) is 15.6. The predicted molar refractivity (Wildman–Crippen MR) is 104 cm³/mol. The second-order valence-electron chi connectivity index (χ2n) is 7.67. The van der Waals surface area contributed by atoms with Crippen molar-refractivity contribution in [3.8, 4) is 11.5 Å². The molecule has 4 nitrogen and oxygen atoms in total. The molecule has 2 N–H and O–H groups in total. The van der Waals surface area contributed by atoms with E-state index in [0.29, 0.717) is 12.8 Å². The summed E-state index contributed by atoms with van der Waals surface area (Å²) in [6.45, 7) is 0. The van der Waals surface area contributed by atoms with Crippen LogP contribution in [0.4, 0.5) is 0 Å². The molecule has 0 bridgehead atoms. The van der Waals surface area contributed by atoms with Crippen LogP contribution in [0, 0.1) is 0 Å². The van der Waals surface area contributed by atoms with Gasteiger partial charge in [-0.05, 0) is 68.2 Å². The van der Waals surface area contributed by atoms with Crippen LogP contribution in [0.5, 0.6) is 11.5 Å². The van der Waals surface area contributed by atoms with Gasteiger partial charge in [-0.1, -0.05) is 36.4 Å². The van der Waals surface area contributed by atoms with E-state index in [2.05, 4.69) is 12.1 Å². The van der Waals surface area contributed by atoms with E-state index in [4.69, 9.17) is 9.47 Å². The van der Waals surface area contributed by atoms with Crippen molar-refractivity contribution in [2.75, 3.05) is 0 Å². The van der Waals surface area contributed by atoms with E-state index in [-0.39, 0.29) is 12.2 Å². The smallest absolute Gasteiger partial charge is 0.125 e. The van der Waals surface area contributed by atoms with Crippen molar-refractivity contribution >= 4 is 0 Å². The van der Waals surface area contributed by atoms with Crippen LogP contribution in [-0.4, -0.2) is 34.6 Å². The van der Waals surface area contributed by atoms with Crippen molar-refractivity contribution in [2.45, 2.75) is 69.4 Å². The molecule has 0 aromatic heterocycles. The summed E-state index contributed by atoms with van der Waals surface area (Å²) >= 11 is 0. The molecule has 0 amide bonds. The molecule has 2 aliphatic rings. The first-order valence-corrected chi connectivity index (χ1v) is 10.1. The maximum absolute atomic E-state index is 10.5. The number of para-hydroxylation sites is 2. The fourth-order valence-electron chi connectivity index (χ4n) is 4.14. The van der Waals surface area contributed by atoms with Crippen LogP contribution in [0.1, 0.15) is 43.2 Å². The molecule has 2 heterocycles. The first kappa shape index (κ1) is 18.3. The Balaban J connectivity index is 1.23. The van der Waals surface area contributed by atoms with Crippen LogP contribution < -0.4 is 9.47 Å². The monoisotopic (exact) mass is 368 g/mol. The first-order chi connectivity index (χ1) is 13.2. The van der Waals surface area contributed by atoms with Gasteiger partial charge in [-0.3, -0.25) is 0 Å². The summed E-state index contributed by atoms with van der Waals surface area (Å²) in [5.41, 5.74) is 2.43. The molecule has 2 aromatic carbocycles. The van der Waals surface area contributed by atoms with Crippen molar-refractivity contribution in [1.29, 1.82) is 0 Å². The van der Waals surface area contributed by atoms with Crippen molar-refractivity contribution in [3.63, 3.8) is 0 Å². The van der Waals surface area contributed by atoms with E-state index in [1.165, 1.54) is 11.1 Å². The number of ether oxygens (including phenoxy) is 2. The Hall–Kier alpha value is -2.04.